The van der Waals surface area contributed by atoms with Crippen LogP contribution in [-0.2, 0) is 12.6 Å². The maximum atomic E-state index is 10.6. The van der Waals surface area contributed by atoms with Crippen LogP contribution in [0, 0.1) is 0 Å². The van der Waals surface area contributed by atoms with E-state index in [1.165, 1.54) is 12.8 Å². The molecule has 1 aromatic rings. The van der Waals surface area contributed by atoms with Crippen molar-refractivity contribution in [2.45, 2.75) is 38.3 Å². The normalized spacial score (nSPS) is 22.1. The van der Waals surface area contributed by atoms with Gasteiger partial charge in [0.2, 0.25) is 0 Å². The second-order valence-electron chi connectivity index (χ2n) is 6.53. The van der Waals surface area contributed by atoms with Crippen LogP contribution in [0.25, 0.3) is 0 Å². The fraction of sp³-hybridized carbons (Fsp3) is 0.750. The van der Waals surface area contributed by atoms with Gasteiger partial charge in [0.25, 0.3) is 0 Å². The highest BCUT2D eigenvalue weighted by molar-refractivity contribution is 5.79. The van der Waals surface area contributed by atoms with Crippen molar-refractivity contribution in [1.82, 2.24) is 25.3 Å². The van der Waals surface area contributed by atoms with Crippen molar-refractivity contribution in [3.63, 3.8) is 0 Å². The number of rotatable bonds is 6. The molecule has 3 N–H and O–H groups in total. The summed E-state index contributed by atoms with van der Waals surface area (Å²) in [5, 5.41) is 21.4. The van der Waals surface area contributed by atoms with E-state index >= 15 is 0 Å². The molecular formula is C16H30N6O. The van der Waals surface area contributed by atoms with Gasteiger partial charge in [0.1, 0.15) is 5.60 Å². The monoisotopic (exact) mass is 322 g/mol. The number of aliphatic hydroxyl groups is 1. The Labute approximate surface area is 138 Å². The lowest BCUT2D eigenvalue weighted by atomic mass is 10.0. The molecule has 2 atom stereocenters. The minimum atomic E-state index is -1.03. The maximum absolute atomic E-state index is 10.6. The van der Waals surface area contributed by atoms with Gasteiger partial charge in [-0.25, -0.2) is 4.99 Å². The van der Waals surface area contributed by atoms with E-state index in [0.717, 1.165) is 31.2 Å². The summed E-state index contributed by atoms with van der Waals surface area (Å²) >= 11 is 0. The smallest absolute Gasteiger partial charge is 0.191 e. The zero-order valence-electron chi connectivity index (χ0n) is 14.7. The van der Waals surface area contributed by atoms with E-state index in [-0.39, 0.29) is 6.54 Å². The van der Waals surface area contributed by atoms with Crippen LogP contribution in [0.4, 0.5) is 0 Å². The molecule has 2 rings (SSSR count). The van der Waals surface area contributed by atoms with Crippen LogP contribution in [0.3, 0.4) is 0 Å². The van der Waals surface area contributed by atoms with Crippen LogP contribution >= 0.6 is 0 Å². The topological polar surface area (TPSA) is 77.7 Å². The highest BCUT2D eigenvalue weighted by Crippen LogP contribution is 2.20. The zero-order chi connectivity index (χ0) is 16.9. The van der Waals surface area contributed by atoms with E-state index in [4.69, 9.17) is 0 Å². The van der Waals surface area contributed by atoms with E-state index in [9.17, 15) is 5.11 Å². The predicted octanol–water partition coefficient (Wildman–Crippen LogP) is 0.277. The Balaban J connectivity index is 1.94. The van der Waals surface area contributed by atoms with Crippen molar-refractivity contribution >= 4 is 5.96 Å². The predicted molar refractivity (Wildman–Crippen MR) is 92.4 cm³/mol. The largest absolute Gasteiger partial charge is 0.383 e. The van der Waals surface area contributed by atoms with Gasteiger partial charge in [-0.2, -0.15) is 5.10 Å². The van der Waals surface area contributed by atoms with Gasteiger partial charge in [0, 0.05) is 37.9 Å². The first-order valence-corrected chi connectivity index (χ1v) is 8.36. The van der Waals surface area contributed by atoms with E-state index in [1.54, 1.807) is 17.8 Å². The summed E-state index contributed by atoms with van der Waals surface area (Å²) in [6, 6.07) is 0.553. The third-order valence-corrected chi connectivity index (χ3v) is 4.39. The molecule has 130 valence electrons. The molecule has 2 heterocycles. The first kappa shape index (κ1) is 17.7. The molecule has 0 aliphatic carbocycles. The molecule has 0 bridgehead atoms. The Bertz CT molecular complexity index is 524. The fourth-order valence-electron chi connectivity index (χ4n) is 2.82. The number of nitrogens with zero attached hydrogens (tertiary/aromatic N) is 4. The maximum Gasteiger partial charge on any atom is 0.191 e. The third-order valence-electron chi connectivity index (χ3n) is 4.39. The average Bonchev–Trinajstić information content (AvgIpc) is 3.11. The number of aryl methyl sites for hydroxylation is 1. The number of hydrogen-bond donors (Lipinski definition) is 3. The standard InChI is InChI=1S/C16H30N6O/c1-5-17-15(18-10-14-7-6-8-21(14)3)19-12-16(2,23)13-9-20-22(4)11-13/h9,11,14,23H,5-8,10,12H2,1-4H3,(H2,17,18,19). The van der Waals surface area contributed by atoms with Crippen molar-refractivity contribution < 1.29 is 5.11 Å². The SMILES string of the molecule is CCNC(=NCC(C)(O)c1cnn(C)c1)NCC1CCCN1C. The van der Waals surface area contributed by atoms with Crippen molar-refractivity contribution in [1.29, 1.82) is 0 Å². The summed E-state index contributed by atoms with van der Waals surface area (Å²) < 4.78 is 1.69. The zero-order valence-corrected chi connectivity index (χ0v) is 14.7. The van der Waals surface area contributed by atoms with Crippen LogP contribution in [0.5, 0.6) is 0 Å². The molecule has 0 radical (unpaired) electrons. The lowest BCUT2D eigenvalue weighted by Gasteiger charge is -2.23. The third kappa shape index (κ3) is 4.94. The fourth-order valence-corrected chi connectivity index (χ4v) is 2.82. The van der Waals surface area contributed by atoms with Crippen LogP contribution < -0.4 is 10.6 Å². The van der Waals surface area contributed by atoms with Crippen molar-refractivity contribution in [3.8, 4) is 0 Å². The second kappa shape index (κ2) is 7.79. The van der Waals surface area contributed by atoms with Crippen molar-refractivity contribution in [2.75, 3.05) is 33.2 Å². The van der Waals surface area contributed by atoms with Gasteiger partial charge in [0.15, 0.2) is 5.96 Å². The first-order chi connectivity index (χ1) is 10.9. The number of aromatic nitrogens is 2. The summed E-state index contributed by atoms with van der Waals surface area (Å²) in [7, 11) is 4.00. The number of guanidine groups is 1. The first-order valence-electron chi connectivity index (χ1n) is 8.36. The molecule has 0 aromatic carbocycles. The van der Waals surface area contributed by atoms with Crippen LogP contribution in [0.15, 0.2) is 17.4 Å². The number of likely N-dealkylation sites (N-methyl/N-ethyl adjacent to an activating group) is 1. The summed E-state index contributed by atoms with van der Waals surface area (Å²) in [4.78, 5) is 6.92. The summed E-state index contributed by atoms with van der Waals surface area (Å²) in [5.74, 6) is 0.747. The Kier molecular flexibility index (Phi) is 6.01. The Morgan fingerprint density at radius 3 is 2.83 bits per heavy atom. The molecule has 7 heteroatoms. The van der Waals surface area contributed by atoms with Gasteiger partial charge in [-0.15, -0.1) is 0 Å². The van der Waals surface area contributed by atoms with Gasteiger partial charge >= 0.3 is 0 Å². The van der Waals surface area contributed by atoms with E-state index in [2.05, 4.69) is 32.7 Å². The minimum Gasteiger partial charge on any atom is -0.383 e. The van der Waals surface area contributed by atoms with Crippen LogP contribution in [0.1, 0.15) is 32.3 Å². The van der Waals surface area contributed by atoms with Gasteiger partial charge < -0.3 is 20.6 Å². The molecule has 1 aliphatic heterocycles. The van der Waals surface area contributed by atoms with Gasteiger partial charge in [-0.05, 0) is 40.3 Å². The number of likely N-dealkylation sites (tertiary alicyclic amines) is 1. The molecule has 0 spiro atoms. The van der Waals surface area contributed by atoms with E-state index < -0.39 is 5.60 Å². The minimum absolute atomic E-state index is 0.286. The van der Waals surface area contributed by atoms with Gasteiger partial charge in [-0.3, -0.25) is 4.68 Å². The Morgan fingerprint density at radius 1 is 1.48 bits per heavy atom. The highest BCUT2D eigenvalue weighted by atomic mass is 16.3. The summed E-state index contributed by atoms with van der Waals surface area (Å²) in [6.45, 7) is 6.92. The Hall–Kier alpha value is -1.60. The van der Waals surface area contributed by atoms with Crippen molar-refractivity contribution in [3.05, 3.63) is 18.0 Å². The quantitative estimate of drug-likeness (QED) is 0.518. The molecule has 1 aromatic heterocycles. The van der Waals surface area contributed by atoms with E-state index in [1.807, 2.05) is 20.2 Å². The molecule has 2 unspecified atom stereocenters. The van der Waals surface area contributed by atoms with Crippen LogP contribution in [-0.4, -0.2) is 65.0 Å². The molecule has 23 heavy (non-hydrogen) atoms. The second-order valence-corrected chi connectivity index (χ2v) is 6.53. The lowest BCUT2D eigenvalue weighted by Crippen LogP contribution is -2.44. The lowest BCUT2D eigenvalue weighted by molar-refractivity contribution is 0.0671. The molecule has 0 saturated carbocycles. The highest BCUT2D eigenvalue weighted by Gasteiger charge is 2.25. The summed E-state index contributed by atoms with van der Waals surface area (Å²) in [5.41, 5.74) is -0.254. The average molecular weight is 322 g/mol. The summed E-state index contributed by atoms with van der Waals surface area (Å²) in [6.07, 6.45) is 5.98. The van der Waals surface area contributed by atoms with Gasteiger partial charge in [-0.1, -0.05) is 0 Å². The number of nitrogens with one attached hydrogen (secondary N) is 2. The molecule has 0 amide bonds. The Morgan fingerprint density at radius 2 is 2.26 bits per heavy atom. The number of hydrogen-bond acceptors (Lipinski definition) is 4. The van der Waals surface area contributed by atoms with Gasteiger partial charge in [0.05, 0.1) is 12.7 Å². The van der Waals surface area contributed by atoms with Crippen molar-refractivity contribution in [2.24, 2.45) is 12.0 Å². The number of aliphatic imine (C=N–C) groups is 1. The molecule has 1 saturated heterocycles. The molecule has 1 aliphatic rings. The molecular weight excluding hydrogens is 292 g/mol. The van der Waals surface area contributed by atoms with E-state index in [0.29, 0.717) is 6.04 Å². The van der Waals surface area contributed by atoms with Crippen LogP contribution in [0.2, 0.25) is 0 Å². The molecule has 7 nitrogen and oxygen atoms in total. The molecule has 1 fully saturated rings.